The Labute approximate surface area is 82.0 Å². The van der Waals surface area contributed by atoms with Crippen molar-refractivity contribution in [2.24, 2.45) is 0 Å². The molecule has 0 amide bonds. The summed E-state index contributed by atoms with van der Waals surface area (Å²) < 4.78 is 1.96. The lowest BCUT2D eigenvalue weighted by molar-refractivity contribution is 0.800. The normalized spacial score (nSPS) is 16.4. The maximum Gasteiger partial charge on any atom is 0.0789 e. The molecule has 0 aromatic heterocycles. The van der Waals surface area contributed by atoms with Gasteiger partial charge in [-0.15, -0.1) is 11.8 Å². The summed E-state index contributed by atoms with van der Waals surface area (Å²) in [6.07, 6.45) is 0. The highest BCUT2D eigenvalue weighted by atomic mass is 32.2. The lowest BCUT2D eigenvalue weighted by atomic mass is 10.2. The molecular formula is C9H9NS2. The van der Waals surface area contributed by atoms with Gasteiger partial charge in [-0.25, -0.2) is 0 Å². The smallest absolute Gasteiger partial charge is 0.0789 e. The molecule has 0 unspecified atom stereocenters. The lowest BCUT2D eigenvalue weighted by Gasteiger charge is -2.12. The largest absolute Gasteiger partial charge is 0.307 e. The molecule has 12 heavy (non-hydrogen) atoms. The fourth-order valence-electron chi connectivity index (χ4n) is 1.14. The third kappa shape index (κ3) is 1.47. The second kappa shape index (κ2) is 3.46. The van der Waals surface area contributed by atoms with Crippen molar-refractivity contribution in [1.82, 2.24) is 4.31 Å². The summed E-state index contributed by atoms with van der Waals surface area (Å²) in [6, 6.07) is 10.3. The predicted octanol–water partition coefficient (Wildman–Crippen LogP) is 2.84. The average molecular weight is 195 g/mol. The quantitative estimate of drug-likeness (QED) is 0.686. The molecule has 0 saturated carbocycles. The Morgan fingerprint density at radius 2 is 2.00 bits per heavy atom. The first-order valence-electron chi connectivity index (χ1n) is 3.71. The van der Waals surface area contributed by atoms with Gasteiger partial charge < -0.3 is 4.31 Å². The Morgan fingerprint density at radius 1 is 1.25 bits per heavy atom. The van der Waals surface area contributed by atoms with Gasteiger partial charge in [0.05, 0.1) is 11.6 Å². The molecule has 1 heterocycles. The molecule has 1 nitrogen and oxygen atoms in total. The molecule has 0 fully saturated rings. The van der Waals surface area contributed by atoms with E-state index in [9.17, 15) is 0 Å². The molecule has 0 spiro atoms. The predicted molar refractivity (Wildman–Crippen MR) is 57.7 cm³/mol. The van der Waals surface area contributed by atoms with Crippen LogP contribution < -0.4 is 0 Å². The number of thioether (sulfide) groups is 1. The van der Waals surface area contributed by atoms with Gasteiger partial charge in [-0.05, 0) is 11.0 Å². The zero-order valence-corrected chi connectivity index (χ0v) is 8.18. The van der Waals surface area contributed by atoms with Crippen molar-refractivity contribution in [3.8, 4) is 0 Å². The highest BCUT2D eigenvalue weighted by Gasteiger charge is 2.12. The Balaban J connectivity index is 2.31. The summed E-state index contributed by atoms with van der Waals surface area (Å²) in [5.41, 5.74) is 2.43. The molecule has 3 heteroatoms. The lowest BCUT2D eigenvalue weighted by Crippen LogP contribution is -2.03. The number of benzene rings is 1. The molecule has 0 bridgehead atoms. The molecule has 62 valence electrons. The van der Waals surface area contributed by atoms with E-state index >= 15 is 0 Å². The average Bonchev–Trinajstić information content (AvgIpc) is 2.53. The van der Waals surface area contributed by atoms with E-state index in [-0.39, 0.29) is 0 Å². The summed E-state index contributed by atoms with van der Waals surface area (Å²) >= 11 is 6.12. The maximum absolute atomic E-state index is 4.34. The maximum atomic E-state index is 4.34. The van der Waals surface area contributed by atoms with E-state index in [1.807, 2.05) is 22.5 Å². The summed E-state index contributed by atoms with van der Waals surface area (Å²) in [4.78, 5) is 0. The number of hydrogen-bond donors (Lipinski definition) is 1. The first-order valence-corrected chi connectivity index (χ1v) is 5.16. The molecule has 1 aromatic carbocycles. The minimum absolute atomic E-state index is 0.938. The third-order valence-electron chi connectivity index (χ3n) is 1.74. The fraction of sp³-hybridized carbons (Fsp3) is 0.111. The minimum atomic E-state index is 0.938. The van der Waals surface area contributed by atoms with Gasteiger partial charge in [0.25, 0.3) is 0 Å². The van der Waals surface area contributed by atoms with E-state index in [2.05, 4.69) is 30.4 Å². The molecule has 1 aliphatic heterocycles. The Bertz CT molecular complexity index is 295. The summed E-state index contributed by atoms with van der Waals surface area (Å²) in [5.74, 6) is 0.938. The van der Waals surface area contributed by atoms with E-state index < -0.39 is 0 Å². The van der Waals surface area contributed by atoms with E-state index in [4.69, 9.17) is 0 Å². The van der Waals surface area contributed by atoms with E-state index in [1.165, 1.54) is 11.3 Å². The summed E-state index contributed by atoms with van der Waals surface area (Å²) in [5, 5.41) is 2.14. The van der Waals surface area contributed by atoms with Crippen molar-refractivity contribution in [3.05, 3.63) is 41.3 Å². The molecule has 0 atom stereocenters. The third-order valence-corrected chi connectivity index (χ3v) is 3.08. The second-order valence-corrected chi connectivity index (χ2v) is 3.87. The van der Waals surface area contributed by atoms with Crippen molar-refractivity contribution < 1.29 is 0 Å². The second-order valence-electron chi connectivity index (χ2n) is 2.56. The van der Waals surface area contributed by atoms with E-state index in [1.54, 1.807) is 11.8 Å². The van der Waals surface area contributed by atoms with Gasteiger partial charge in [-0.1, -0.05) is 43.1 Å². The highest BCUT2D eigenvalue weighted by Crippen LogP contribution is 2.31. The minimum Gasteiger partial charge on any atom is -0.307 e. The molecule has 1 aliphatic rings. The van der Waals surface area contributed by atoms with Crippen molar-refractivity contribution in [1.29, 1.82) is 0 Å². The zero-order valence-electron chi connectivity index (χ0n) is 6.47. The monoisotopic (exact) mass is 195 g/mol. The van der Waals surface area contributed by atoms with Crippen LogP contribution in [0.4, 0.5) is 0 Å². The first kappa shape index (κ1) is 8.08. The first-order chi connectivity index (χ1) is 5.88. The topological polar surface area (TPSA) is 3.24 Å². The molecule has 0 saturated heterocycles. The van der Waals surface area contributed by atoms with E-state index in [0.717, 1.165) is 5.88 Å². The van der Waals surface area contributed by atoms with Crippen LogP contribution in [0.5, 0.6) is 0 Å². The fourth-order valence-corrected chi connectivity index (χ4v) is 2.37. The molecule has 2 rings (SSSR count). The van der Waals surface area contributed by atoms with Crippen molar-refractivity contribution in [2.75, 3.05) is 5.88 Å². The van der Waals surface area contributed by atoms with Gasteiger partial charge in [0.2, 0.25) is 0 Å². The van der Waals surface area contributed by atoms with Crippen LogP contribution in [0.3, 0.4) is 0 Å². The molecule has 0 N–H and O–H groups in total. The number of rotatable bonds is 1. The van der Waals surface area contributed by atoms with Gasteiger partial charge in [0, 0.05) is 0 Å². The zero-order chi connectivity index (χ0) is 8.39. The number of nitrogens with zero attached hydrogens (tertiary/aromatic N) is 1. The van der Waals surface area contributed by atoms with Gasteiger partial charge >= 0.3 is 0 Å². The molecule has 0 aliphatic carbocycles. The summed E-state index contributed by atoms with van der Waals surface area (Å²) in [6.45, 7) is 0. The van der Waals surface area contributed by atoms with Gasteiger partial charge in [-0.3, -0.25) is 0 Å². The standard InChI is InChI=1S/C9H9NS2/c11-10-7-12-6-9(10)8-4-2-1-3-5-8/h1-6,11H,7H2. The van der Waals surface area contributed by atoms with Crippen molar-refractivity contribution in [3.63, 3.8) is 0 Å². The Kier molecular flexibility index (Phi) is 2.33. The van der Waals surface area contributed by atoms with Crippen LogP contribution in [-0.4, -0.2) is 10.2 Å². The Hall–Kier alpha value is -0.540. The molecule has 1 aromatic rings. The summed E-state index contributed by atoms with van der Waals surface area (Å²) in [7, 11) is 0. The highest BCUT2D eigenvalue weighted by molar-refractivity contribution is 8.03. The molecular weight excluding hydrogens is 186 g/mol. The van der Waals surface area contributed by atoms with Crippen LogP contribution >= 0.6 is 24.6 Å². The molecule has 0 radical (unpaired) electrons. The van der Waals surface area contributed by atoms with Gasteiger partial charge in [0.1, 0.15) is 0 Å². The van der Waals surface area contributed by atoms with Gasteiger partial charge in [-0.2, -0.15) is 0 Å². The van der Waals surface area contributed by atoms with Crippen molar-refractivity contribution >= 4 is 30.3 Å². The van der Waals surface area contributed by atoms with Crippen LogP contribution in [0.15, 0.2) is 35.7 Å². The van der Waals surface area contributed by atoms with E-state index in [0.29, 0.717) is 0 Å². The van der Waals surface area contributed by atoms with Crippen LogP contribution in [-0.2, 0) is 0 Å². The van der Waals surface area contributed by atoms with Crippen LogP contribution in [0.1, 0.15) is 5.56 Å². The van der Waals surface area contributed by atoms with Crippen molar-refractivity contribution in [2.45, 2.75) is 0 Å². The van der Waals surface area contributed by atoms with Gasteiger partial charge in [0.15, 0.2) is 0 Å². The Morgan fingerprint density at radius 3 is 2.58 bits per heavy atom. The van der Waals surface area contributed by atoms with Crippen LogP contribution in [0.2, 0.25) is 0 Å². The van der Waals surface area contributed by atoms with Crippen LogP contribution in [0.25, 0.3) is 5.70 Å². The SMILES string of the molecule is SN1CSC=C1c1ccccc1. The number of thiol groups is 1. The van der Waals surface area contributed by atoms with Crippen LogP contribution in [0, 0.1) is 0 Å². The number of hydrogen-bond acceptors (Lipinski definition) is 3.